The van der Waals surface area contributed by atoms with Gasteiger partial charge in [0.1, 0.15) is 0 Å². The predicted molar refractivity (Wildman–Crippen MR) is 68.8 cm³/mol. The zero-order valence-corrected chi connectivity index (χ0v) is 11.1. The summed E-state index contributed by atoms with van der Waals surface area (Å²) >= 11 is 0. The number of hydrogen-bond acceptors (Lipinski definition) is 3. The van der Waals surface area contributed by atoms with E-state index in [1.165, 1.54) is 25.7 Å². The van der Waals surface area contributed by atoms with Crippen LogP contribution in [0.5, 0.6) is 0 Å². The fourth-order valence-electron chi connectivity index (χ4n) is 2.10. The zero-order chi connectivity index (χ0) is 11.9. The molecule has 2 N–H and O–H groups in total. The van der Waals surface area contributed by atoms with Crippen LogP contribution in [0.15, 0.2) is 0 Å². The molecule has 0 bridgehead atoms. The molecule has 0 aromatic heterocycles. The van der Waals surface area contributed by atoms with Gasteiger partial charge in [-0.15, -0.1) is 0 Å². The van der Waals surface area contributed by atoms with Crippen LogP contribution in [0.4, 0.5) is 0 Å². The van der Waals surface area contributed by atoms with E-state index in [9.17, 15) is 0 Å². The first-order valence-corrected chi connectivity index (χ1v) is 6.68. The first-order chi connectivity index (χ1) is 7.62. The van der Waals surface area contributed by atoms with Crippen LogP contribution in [0.2, 0.25) is 0 Å². The smallest absolute Gasteiger partial charge is 0.0645 e. The van der Waals surface area contributed by atoms with E-state index in [0.717, 1.165) is 26.3 Å². The Labute approximate surface area is 100 Å². The lowest BCUT2D eigenvalue weighted by atomic mass is 9.95. The van der Waals surface area contributed by atoms with Crippen molar-refractivity contribution in [2.75, 3.05) is 26.3 Å². The Balaban J connectivity index is 1.97. The number of rotatable bonds is 7. The van der Waals surface area contributed by atoms with Gasteiger partial charge in [0.25, 0.3) is 0 Å². The maximum absolute atomic E-state index is 5.52. The Bertz CT molecular complexity index is 177. The number of hydrogen-bond donors (Lipinski definition) is 2. The summed E-state index contributed by atoms with van der Waals surface area (Å²) in [5, 5.41) is 7.07. The van der Waals surface area contributed by atoms with Crippen molar-refractivity contribution in [3.8, 4) is 0 Å². The van der Waals surface area contributed by atoms with E-state index in [-0.39, 0.29) is 5.54 Å². The minimum absolute atomic E-state index is 0.226. The van der Waals surface area contributed by atoms with Gasteiger partial charge in [-0.3, -0.25) is 0 Å². The highest BCUT2D eigenvalue weighted by Gasteiger charge is 2.26. The third-order valence-electron chi connectivity index (χ3n) is 3.15. The van der Waals surface area contributed by atoms with Gasteiger partial charge in [-0.1, -0.05) is 13.8 Å². The molecule has 0 aliphatic carbocycles. The normalized spacial score (nSPS) is 26.2. The zero-order valence-electron chi connectivity index (χ0n) is 11.1. The molecular formula is C13H28N2O. The fourth-order valence-corrected chi connectivity index (χ4v) is 2.10. The summed E-state index contributed by atoms with van der Waals surface area (Å²) in [7, 11) is 0. The second-order valence-corrected chi connectivity index (χ2v) is 5.46. The molecule has 0 aromatic rings. The van der Waals surface area contributed by atoms with Crippen LogP contribution in [-0.2, 0) is 4.74 Å². The molecular weight excluding hydrogens is 200 g/mol. The lowest BCUT2D eigenvalue weighted by Gasteiger charge is -2.34. The molecule has 3 heteroatoms. The van der Waals surface area contributed by atoms with Gasteiger partial charge in [0.2, 0.25) is 0 Å². The quantitative estimate of drug-likeness (QED) is 0.653. The molecule has 0 spiro atoms. The van der Waals surface area contributed by atoms with E-state index in [4.69, 9.17) is 4.74 Å². The second-order valence-electron chi connectivity index (χ2n) is 5.46. The van der Waals surface area contributed by atoms with Gasteiger partial charge in [-0.2, -0.15) is 0 Å². The molecule has 1 fully saturated rings. The van der Waals surface area contributed by atoms with Crippen molar-refractivity contribution < 1.29 is 4.74 Å². The van der Waals surface area contributed by atoms with Crippen LogP contribution >= 0.6 is 0 Å². The molecule has 1 aliphatic rings. The van der Waals surface area contributed by atoms with E-state index in [1.807, 2.05) is 0 Å². The minimum atomic E-state index is 0.226. The van der Waals surface area contributed by atoms with Crippen LogP contribution in [0, 0.1) is 0 Å². The van der Waals surface area contributed by atoms with Crippen molar-refractivity contribution in [1.29, 1.82) is 0 Å². The van der Waals surface area contributed by atoms with Crippen LogP contribution < -0.4 is 10.6 Å². The third-order valence-corrected chi connectivity index (χ3v) is 3.15. The van der Waals surface area contributed by atoms with Gasteiger partial charge in [0.15, 0.2) is 0 Å². The van der Waals surface area contributed by atoms with Gasteiger partial charge in [0.05, 0.1) is 6.61 Å². The van der Waals surface area contributed by atoms with Gasteiger partial charge in [-0.25, -0.2) is 0 Å². The van der Waals surface area contributed by atoms with Crippen LogP contribution in [0.25, 0.3) is 0 Å². The van der Waals surface area contributed by atoms with Gasteiger partial charge in [-0.05, 0) is 45.7 Å². The second kappa shape index (κ2) is 7.25. The van der Waals surface area contributed by atoms with Crippen LogP contribution in [0.3, 0.4) is 0 Å². The Morgan fingerprint density at radius 2 is 2.00 bits per heavy atom. The van der Waals surface area contributed by atoms with Gasteiger partial charge < -0.3 is 15.4 Å². The summed E-state index contributed by atoms with van der Waals surface area (Å²) in [6.45, 7) is 10.7. The molecule has 1 rings (SSSR count). The van der Waals surface area contributed by atoms with Crippen LogP contribution in [-0.4, -0.2) is 37.9 Å². The fraction of sp³-hybridized carbons (Fsp3) is 1.00. The maximum Gasteiger partial charge on any atom is 0.0645 e. The minimum Gasteiger partial charge on any atom is -0.380 e. The number of nitrogens with one attached hydrogen (secondary N) is 2. The monoisotopic (exact) mass is 228 g/mol. The molecule has 3 nitrogen and oxygen atoms in total. The lowest BCUT2D eigenvalue weighted by Crippen LogP contribution is -2.49. The number of ether oxygens (including phenoxy) is 1. The van der Waals surface area contributed by atoms with E-state index in [0.29, 0.717) is 6.04 Å². The van der Waals surface area contributed by atoms with E-state index >= 15 is 0 Å². The highest BCUT2D eigenvalue weighted by Crippen LogP contribution is 2.17. The van der Waals surface area contributed by atoms with Gasteiger partial charge in [0, 0.05) is 18.2 Å². The first kappa shape index (κ1) is 13.9. The third kappa shape index (κ3) is 5.83. The predicted octanol–water partition coefficient (Wildman–Crippen LogP) is 1.92. The summed E-state index contributed by atoms with van der Waals surface area (Å²) in [5.74, 6) is 0. The highest BCUT2D eigenvalue weighted by molar-refractivity contribution is 4.85. The van der Waals surface area contributed by atoms with Crippen molar-refractivity contribution >= 4 is 0 Å². The van der Waals surface area contributed by atoms with Crippen LogP contribution in [0.1, 0.15) is 46.5 Å². The highest BCUT2D eigenvalue weighted by atomic mass is 16.5. The largest absolute Gasteiger partial charge is 0.380 e. The molecule has 1 aliphatic heterocycles. The molecule has 16 heavy (non-hydrogen) atoms. The summed E-state index contributed by atoms with van der Waals surface area (Å²) in [5.41, 5.74) is 0.226. The molecule has 1 atom stereocenters. The first-order valence-electron chi connectivity index (χ1n) is 6.68. The SMILES string of the molecule is CC(C)NCCCCNC1(C)CCCOC1. The number of unbranched alkanes of at least 4 members (excludes halogenated alkanes) is 1. The molecule has 1 unspecified atom stereocenters. The average Bonchev–Trinajstić information content (AvgIpc) is 2.24. The summed E-state index contributed by atoms with van der Waals surface area (Å²) in [6, 6.07) is 0.609. The van der Waals surface area contributed by atoms with Crippen molar-refractivity contribution in [2.24, 2.45) is 0 Å². The molecule has 0 radical (unpaired) electrons. The van der Waals surface area contributed by atoms with Gasteiger partial charge >= 0.3 is 0 Å². The molecule has 0 saturated carbocycles. The standard InChI is InChI=1S/C13H28N2O/c1-12(2)14-8-4-5-9-15-13(3)7-6-10-16-11-13/h12,14-15H,4-11H2,1-3H3. The van der Waals surface area contributed by atoms with E-state index in [2.05, 4.69) is 31.4 Å². The Hall–Kier alpha value is -0.120. The van der Waals surface area contributed by atoms with Crippen molar-refractivity contribution in [3.63, 3.8) is 0 Å². The van der Waals surface area contributed by atoms with E-state index < -0.39 is 0 Å². The summed E-state index contributed by atoms with van der Waals surface area (Å²) < 4.78 is 5.52. The molecule has 0 amide bonds. The average molecular weight is 228 g/mol. The van der Waals surface area contributed by atoms with Crippen molar-refractivity contribution in [1.82, 2.24) is 10.6 Å². The molecule has 1 saturated heterocycles. The van der Waals surface area contributed by atoms with Crippen molar-refractivity contribution in [2.45, 2.75) is 58.0 Å². The lowest BCUT2D eigenvalue weighted by molar-refractivity contribution is 0.0286. The molecule has 96 valence electrons. The molecule has 1 heterocycles. The maximum atomic E-state index is 5.52. The topological polar surface area (TPSA) is 33.3 Å². The Morgan fingerprint density at radius 3 is 2.62 bits per heavy atom. The molecule has 0 aromatic carbocycles. The Kier molecular flexibility index (Phi) is 6.32. The van der Waals surface area contributed by atoms with Crippen molar-refractivity contribution in [3.05, 3.63) is 0 Å². The summed E-state index contributed by atoms with van der Waals surface area (Å²) in [6.07, 6.45) is 4.94. The summed E-state index contributed by atoms with van der Waals surface area (Å²) in [4.78, 5) is 0. The Morgan fingerprint density at radius 1 is 1.25 bits per heavy atom. The van der Waals surface area contributed by atoms with E-state index in [1.54, 1.807) is 0 Å².